The van der Waals surface area contributed by atoms with Crippen molar-refractivity contribution in [2.45, 2.75) is 25.8 Å². The van der Waals surface area contributed by atoms with Gasteiger partial charge < -0.3 is 5.11 Å². The van der Waals surface area contributed by atoms with Crippen molar-refractivity contribution in [3.8, 4) is 0 Å². The summed E-state index contributed by atoms with van der Waals surface area (Å²) in [6, 6.07) is 8.53. The van der Waals surface area contributed by atoms with Gasteiger partial charge >= 0.3 is 5.97 Å². The Hall–Kier alpha value is -2.27. The number of hydrogen-bond acceptors (Lipinski definition) is 3. The summed E-state index contributed by atoms with van der Waals surface area (Å²) in [7, 11) is 0. The molecule has 5 heteroatoms. The Balaban J connectivity index is 1.95. The number of halogens is 1. The number of benzene rings is 1. The van der Waals surface area contributed by atoms with Crippen LogP contribution in [0.15, 0.2) is 42.7 Å². The molecule has 0 bridgehead atoms. The van der Waals surface area contributed by atoms with Gasteiger partial charge in [-0.3, -0.25) is 14.7 Å². The Morgan fingerprint density at radius 2 is 2.08 bits per heavy atom. The first-order valence-corrected chi connectivity index (χ1v) is 8.19. The molecule has 1 N–H and O–H groups in total. The quantitative estimate of drug-likeness (QED) is 0.934. The molecule has 0 amide bonds. The first kappa shape index (κ1) is 16.6. The van der Waals surface area contributed by atoms with Crippen LogP contribution >= 0.6 is 0 Å². The van der Waals surface area contributed by atoms with Gasteiger partial charge in [-0.25, -0.2) is 4.39 Å². The number of hydrogen-bond donors (Lipinski definition) is 1. The minimum atomic E-state index is -0.725. The summed E-state index contributed by atoms with van der Waals surface area (Å²) < 4.78 is 13.8. The van der Waals surface area contributed by atoms with Crippen LogP contribution in [0.25, 0.3) is 0 Å². The molecule has 126 valence electrons. The molecule has 1 fully saturated rings. The average molecular weight is 328 g/mol. The van der Waals surface area contributed by atoms with E-state index in [1.165, 1.54) is 6.07 Å². The largest absolute Gasteiger partial charge is 0.481 e. The number of aromatic nitrogens is 1. The molecule has 1 unspecified atom stereocenters. The Labute approximate surface area is 141 Å². The molecule has 1 atom stereocenters. The van der Waals surface area contributed by atoms with Crippen LogP contribution in [-0.2, 0) is 4.79 Å². The predicted octanol–water partition coefficient (Wildman–Crippen LogP) is 3.42. The second kappa shape index (κ2) is 7.09. The van der Waals surface area contributed by atoms with Crippen LogP contribution in [0.1, 0.15) is 35.6 Å². The van der Waals surface area contributed by atoms with E-state index in [9.17, 15) is 14.3 Å². The van der Waals surface area contributed by atoms with Crippen LogP contribution in [0.5, 0.6) is 0 Å². The SMILES string of the molecule is Cc1cnccc1C(c1cccc(F)c1)N1CCC(C(=O)O)CC1. The molecular weight excluding hydrogens is 307 g/mol. The van der Waals surface area contributed by atoms with E-state index < -0.39 is 5.97 Å². The maximum atomic E-state index is 13.8. The van der Waals surface area contributed by atoms with Crippen molar-refractivity contribution in [2.75, 3.05) is 13.1 Å². The van der Waals surface area contributed by atoms with Gasteiger partial charge in [-0.05, 0) is 67.7 Å². The van der Waals surface area contributed by atoms with E-state index in [0.717, 1.165) is 16.7 Å². The number of rotatable bonds is 4. The zero-order valence-corrected chi connectivity index (χ0v) is 13.7. The molecule has 0 radical (unpaired) electrons. The fraction of sp³-hybridized carbons (Fsp3) is 0.368. The van der Waals surface area contributed by atoms with Crippen LogP contribution in [-0.4, -0.2) is 34.0 Å². The molecule has 1 saturated heterocycles. The topological polar surface area (TPSA) is 53.4 Å². The van der Waals surface area contributed by atoms with Crippen LogP contribution < -0.4 is 0 Å². The van der Waals surface area contributed by atoms with Gasteiger partial charge in [-0.15, -0.1) is 0 Å². The van der Waals surface area contributed by atoms with Crippen molar-refractivity contribution >= 4 is 5.97 Å². The number of carboxylic acids is 1. The Morgan fingerprint density at radius 1 is 1.33 bits per heavy atom. The molecule has 0 spiro atoms. The molecule has 1 aliphatic heterocycles. The van der Waals surface area contributed by atoms with E-state index in [4.69, 9.17) is 0 Å². The van der Waals surface area contributed by atoms with Crippen molar-refractivity contribution in [3.05, 3.63) is 65.2 Å². The molecule has 24 heavy (non-hydrogen) atoms. The molecule has 4 nitrogen and oxygen atoms in total. The van der Waals surface area contributed by atoms with Crippen molar-refractivity contribution < 1.29 is 14.3 Å². The van der Waals surface area contributed by atoms with Crippen LogP contribution in [0.4, 0.5) is 4.39 Å². The van der Waals surface area contributed by atoms with E-state index in [-0.39, 0.29) is 17.8 Å². The van der Waals surface area contributed by atoms with Gasteiger partial charge in [-0.2, -0.15) is 0 Å². The lowest BCUT2D eigenvalue weighted by Gasteiger charge is -2.37. The first-order chi connectivity index (χ1) is 11.6. The molecule has 1 aliphatic rings. The molecule has 3 rings (SSSR count). The van der Waals surface area contributed by atoms with E-state index >= 15 is 0 Å². The van der Waals surface area contributed by atoms with Crippen molar-refractivity contribution in [3.63, 3.8) is 0 Å². The highest BCUT2D eigenvalue weighted by Crippen LogP contribution is 2.34. The highest BCUT2D eigenvalue weighted by atomic mass is 19.1. The summed E-state index contributed by atoms with van der Waals surface area (Å²) in [5.41, 5.74) is 3.02. The smallest absolute Gasteiger partial charge is 0.306 e. The number of carboxylic acid groups (broad SMARTS) is 1. The van der Waals surface area contributed by atoms with E-state index in [1.807, 2.05) is 25.3 Å². The van der Waals surface area contributed by atoms with Gasteiger partial charge in [0.1, 0.15) is 5.82 Å². The first-order valence-electron chi connectivity index (χ1n) is 8.19. The van der Waals surface area contributed by atoms with Gasteiger partial charge in [-0.1, -0.05) is 12.1 Å². The third kappa shape index (κ3) is 3.46. The number of aliphatic carboxylic acids is 1. The maximum absolute atomic E-state index is 13.8. The van der Waals surface area contributed by atoms with Gasteiger partial charge in [0.2, 0.25) is 0 Å². The summed E-state index contributed by atoms with van der Waals surface area (Å²) in [6.45, 7) is 3.36. The van der Waals surface area contributed by atoms with Crippen LogP contribution in [0.2, 0.25) is 0 Å². The number of pyridine rings is 1. The van der Waals surface area contributed by atoms with Gasteiger partial charge in [0.05, 0.1) is 12.0 Å². The number of aryl methyl sites for hydroxylation is 1. The lowest BCUT2D eigenvalue weighted by Crippen LogP contribution is -2.39. The van der Waals surface area contributed by atoms with Gasteiger partial charge in [0.15, 0.2) is 0 Å². The summed E-state index contributed by atoms with van der Waals surface area (Å²) in [5, 5.41) is 9.20. The zero-order valence-electron chi connectivity index (χ0n) is 13.7. The fourth-order valence-corrected chi connectivity index (χ4v) is 3.46. The maximum Gasteiger partial charge on any atom is 0.306 e. The Kier molecular flexibility index (Phi) is 4.90. The second-order valence-electron chi connectivity index (χ2n) is 6.34. The monoisotopic (exact) mass is 328 g/mol. The average Bonchev–Trinajstić information content (AvgIpc) is 2.57. The molecule has 2 heterocycles. The number of likely N-dealkylation sites (tertiary alicyclic amines) is 1. The summed E-state index contributed by atoms with van der Waals surface area (Å²) in [6.07, 6.45) is 4.79. The van der Waals surface area contributed by atoms with E-state index in [0.29, 0.717) is 25.9 Å². The number of carbonyl (C=O) groups is 1. The van der Waals surface area contributed by atoms with E-state index in [1.54, 1.807) is 18.3 Å². The minimum absolute atomic E-state index is 0.0848. The summed E-state index contributed by atoms with van der Waals surface area (Å²) in [4.78, 5) is 17.6. The van der Waals surface area contributed by atoms with E-state index in [2.05, 4.69) is 9.88 Å². The highest BCUT2D eigenvalue weighted by molar-refractivity contribution is 5.70. The molecule has 1 aromatic carbocycles. The van der Waals surface area contributed by atoms with Crippen LogP contribution in [0, 0.1) is 18.7 Å². The highest BCUT2D eigenvalue weighted by Gasteiger charge is 2.30. The van der Waals surface area contributed by atoms with Crippen LogP contribution in [0.3, 0.4) is 0 Å². The van der Waals surface area contributed by atoms with Crippen molar-refractivity contribution in [1.29, 1.82) is 0 Å². The Bertz CT molecular complexity index is 727. The summed E-state index contributed by atoms with van der Waals surface area (Å²) in [5.74, 6) is -1.27. The number of nitrogens with zero attached hydrogens (tertiary/aromatic N) is 2. The molecule has 1 aromatic heterocycles. The lowest BCUT2D eigenvalue weighted by molar-refractivity contribution is -0.143. The summed E-state index contributed by atoms with van der Waals surface area (Å²) >= 11 is 0. The molecule has 0 saturated carbocycles. The zero-order chi connectivity index (χ0) is 17.1. The molecule has 2 aromatic rings. The molecular formula is C19H21FN2O2. The van der Waals surface area contributed by atoms with Gasteiger partial charge in [0.25, 0.3) is 0 Å². The standard InChI is InChI=1S/C19H21FN2O2/c1-13-12-21-8-5-17(13)18(15-3-2-4-16(20)11-15)22-9-6-14(7-10-22)19(23)24/h2-5,8,11-12,14,18H,6-7,9-10H2,1H3,(H,23,24). The molecule has 0 aliphatic carbocycles. The second-order valence-corrected chi connectivity index (χ2v) is 6.34. The minimum Gasteiger partial charge on any atom is -0.481 e. The lowest BCUT2D eigenvalue weighted by atomic mass is 9.90. The van der Waals surface area contributed by atoms with Crippen molar-refractivity contribution in [2.24, 2.45) is 5.92 Å². The predicted molar refractivity (Wildman–Crippen MR) is 89.1 cm³/mol. The normalized spacial score (nSPS) is 17.6. The van der Waals surface area contributed by atoms with Crippen molar-refractivity contribution in [1.82, 2.24) is 9.88 Å². The Morgan fingerprint density at radius 3 is 2.71 bits per heavy atom. The van der Waals surface area contributed by atoms with Gasteiger partial charge in [0, 0.05) is 12.4 Å². The third-order valence-corrected chi connectivity index (χ3v) is 4.77. The number of piperidine rings is 1. The fourth-order valence-electron chi connectivity index (χ4n) is 3.46. The third-order valence-electron chi connectivity index (χ3n) is 4.77.